The Labute approximate surface area is 121 Å². The fourth-order valence-electron chi connectivity index (χ4n) is 1.86. The second kappa shape index (κ2) is 7.21. The van der Waals surface area contributed by atoms with Gasteiger partial charge in [0.1, 0.15) is 5.82 Å². The summed E-state index contributed by atoms with van der Waals surface area (Å²) in [5.74, 6) is 0.944. The minimum Gasteiger partial charge on any atom is -0.351 e. The standard InChI is InChI=1S/C14H17BrN4/c15-13-5-2-8-18-14(13)19(9-3-6-16)11-12-4-1-7-17-10-12/h1-2,4-5,7-8,10H,3,6,9,11,16H2. The highest BCUT2D eigenvalue weighted by Gasteiger charge is 2.11. The first-order valence-electron chi connectivity index (χ1n) is 6.25. The second-order valence-electron chi connectivity index (χ2n) is 4.23. The van der Waals surface area contributed by atoms with E-state index in [2.05, 4.69) is 36.9 Å². The molecule has 5 heteroatoms. The van der Waals surface area contributed by atoms with Gasteiger partial charge in [0.25, 0.3) is 0 Å². The van der Waals surface area contributed by atoms with Gasteiger partial charge in [-0.25, -0.2) is 4.98 Å². The Kier molecular flexibility index (Phi) is 5.30. The molecule has 4 nitrogen and oxygen atoms in total. The Hall–Kier alpha value is -1.46. The van der Waals surface area contributed by atoms with Gasteiger partial charge in [0.2, 0.25) is 0 Å². The van der Waals surface area contributed by atoms with E-state index in [1.807, 2.05) is 24.4 Å². The summed E-state index contributed by atoms with van der Waals surface area (Å²) in [7, 11) is 0. The molecule has 2 aromatic heterocycles. The summed E-state index contributed by atoms with van der Waals surface area (Å²) in [6.45, 7) is 2.33. The van der Waals surface area contributed by atoms with Crippen LogP contribution in [0.5, 0.6) is 0 Å². The van der Waals surface area contributed by atoms with Crippen LogP contribution in [0.4, 0.5) is 5.82 Å². The van der Waals surface area contributed by atoms with Crippen molar-refractivity contribution in [2.75, 3.05) is 18.0 Å². The van der Waals surface area contributed by atoms with Gasteiger partial charge in [-0.15, -0.1) is 0 Å². The molecule has 0 aliphatic heterocycles. The van der Waals surface area contributed by atoms with Gasteiger partial charge < -0.3 is 10.6 Å². The highest BCUT2D eigenvalue weighted by Crippen LogP contribution is 2.24. The minimum absolute atomic E-state index is 0.675. The lowest BCUT2D eigenvalue weighted by Gasteiger charge is -2.24. The number of hydrogen-bond acceptors (Lipinski definition) is 4. The number of rotatable bonds is 6. The monoisotopic (exact) mass is 320 g/mol. The van der Waals surface area contributed by atoms with Crippen molar-refractivity contribution < 1.29 is 0 Å². The summed E-state index contributed by atoms with van der Waals surface area (Å²) in [5.41, 5.74) is 6.78. The van der Waals surface area contributed by atoms with E-state index >= 15 is 0 Å². The van der Waals surface area contributed by atoms with Gasteiger partial charge in [-0.1, -0.05) is 6.07 Å². The van der Waals surface area contributed by atoms with Crippen molar-refractivity contribution in [1.29, 1.82) is 0 Å². The zero-order valence-electron chi connectivity index (χ0n) is 10.7. The Morgan fingerprint density at radius 3 is 2.74 bits per heavy atom. The van der Waals surface area contributed by atoms with E-state index in [4.69, 9.17) is 5.73 Å². The SMILES string of the molecule is NCCCN(Cc1cccnc1)c1ncccc1Br. The fourth-order valence-corrected chi connectivity index (χ4v) is 2.37. The molecule has 0 atom stereocenters. The summed E-state index contributed by atoms with van der Waals surface area (Å²) >= 11 is 3.55. The third-order valence-electron chi connectivity index (χ3n) is 2.77. The molecule has 19 heavy (non-hydrogen) atoms. The van der Waals surface area contributed by atoms with Crippen molar-refractivity contribution in [3.8, 4) is 0 Å². The van der Waals surface area contributed by atoms with Crippen LogP contribution in [0.25, 0.3) is 0 Å². The predicted octanol–water partition coefficient (Wildman–Crippen LogP) is 2.59. The quantitative estimate of drug-likeness (QED) is 0.888. The molecule has 2 aromatic rings. The number of halogens is 1. The first-order valence-corrected chi connectivity index (χ1v) is 7.05. The van der Waals surface area contributed by atoms with Gasteiger partial charge >= 0.3 is 0 Å². The molecule has 0 bridgehead atoms. The largest absolute Gasteiger partial charge is 0.351 e. The molecule has 0 saturated heterocycles. The van der Waals surface area contributed by atoms with Crippen molar-refractivity contribution >= 4 is 21.7 Å². The highest BCUT2D eigenvalue weighted by atomic mass is 79.9. The van der Waals surface area contributed by atoms with Crippen LogP contribution in [0.1, 0.15) is 12.0 Å². The molecule has 0 amide bonds. The van der Waals surface area contributed by atoms with E-state index < -0.39 is 0 Å². The second-order valence-corrected chi connectivity index (χ2v) is 5.09. The lowest BCUT2D eigenvalue weighted by Crippen LogP contribution is -2.26. The van der Waals surface area contributed by atoms with Crippen LogP contribution in [0.2, 0.25) is 0 Å². The van der Waals surface area contributed by atoms with Crippen molar-refractivity contribution in [1.82, 2.24) is 9.97 Å². The zero-order chi connectivity index (χ0) is 13.5. The Balaban J connectivity index is 2.19. The van der Waals surface area contributed by atoms with E-state index in [0.29, 0.717) is 6.54 Å². The smallest absolute Gasteiger partial charge is 0.143 e. The summed E-state index contributed by atoms with van der Waals surface area (Å²) in [5, 5.41) is 0. The number of pyridine rings is 2. The van der Waals surface area contributed by atoms with Crippen LogP contribution in [0.3, 0.4) is 0 Å². The zero-order valence-corrected chi connectivity index (χ0v) is 12.3. The Morgan fingerprint density at radius 1 is 1.21 bits per heavy atom. The van der Waals surface area contributed by atoms with Crippen molar-refractivity contribution in [3.05, 3.63) is 52.9 Å². The lowest BCUT2D eigenvalue weighted by molar-refractivity contribution is 0.723. The van der Waals surface area contributed by atoms with E-state index in [9.17, 15) is 0 Å². The maximum absolute atomic E-state index is 5.62. The molecule has 0 saturated carbocycles. The molecule has 100 valence electrons. The first kappa shape index (κ1) is 14.0. The van der Waals surface area contributed by atoms with Crippen molar-refractivity contribution in [3.63, 3.8) is 0 Å². The van der Waals surface area contributed by atoms with E-state index in [0.717, 1.165) is 35.4 Å². The van der Waals surface area contributed by atoms with Crippen molar-refractivity contribution in [2.45, 2.75) is 13.0 Å². The molecule has 0 unspecified atom stereocenters. The molecule has 0 aliphatic rings. The first-order chi connectivity index (χ1) is 9.31. The third-order valence-corrected chi connectivity index (χ3v) is 3.39. The number of nitrogens with two attached hydrogens (primary N) is 1. The highest BCUT2D eigenvalue weighted by molar-refractivity contribution is 9.10. The fraction of sp³-hybridized carbons (Fsp3) is 0.286. The number of anilines is 1. The molecule has 0 spiro atoms. The Bertz CT molecular complexity index is 504. The van der Waals surface area contributed by atoms with Gasteiger partial charge in [0.15, 0.2) is 0 Å². The van der Waals surface area contributed by atoms with Crippen molar-refractivity contribution in [2.24, 2.45) is 5.73 Å². The average Bonchev–Trinajstić information content (AvgIpc) is 2.45. The van der Waals surface area contributed by atoms with Crippen LogP contribution in [-0.4, -0.2) is 23.1 Å². The maximum Gasteiger partial charge on any atom is 0.143 e. The molecule has 0 aliphatic carbocycles. The summed E-state index contributed by atoms with van der Waals surface area (Å²) < 4.78 is 0.996. The van der Waals surface area contributed by atoms with Gasteiger partial charge in [-0.3, -0.25) is 4.98 Å². The molecule has 2 heterocycles. The Morgan fingerprint density at radius 2 is 2.05 bits per heavy atom. The molecular weight excluding hydrogens is 304 g/mol. The summed E-state index contributed by atoms with van der Waals surface area (Å²) in [6.07, 6.45) is 6.40. The topological polar surface area (TPSA) is 55.0 Å². The van der Waals surface area contributed by atoms with Gasteiger partial charge in [-0.05, 0) is 52.7 Å². The summed E-state index contributed by atoms with van der Waals surface area (Å²) in [6, 6.07) is 7.93. The molecular formula is C14H17BrN4. The number of hydrogen-bond donors (Lipinski definition) is 1. The number of aromatic nitrogens is 2. The normalized spacial score (nSPS) is 10.4. The maximum atomic E-state index is 5.62. The molecule has 2 rings (SSSR count). The van der Waals surface area contributed by atoms with Gasteiger partial charge in [-0.2, -0.15) is 0 Å². The lowest BCUT2D eigenvalue weighted by atomic mass is 10.2. The molecule has 0 fully saturated rings. The third kappa shape index (κ3) is 4.01. The summed E-state index contributed by atoms with van der Waals surface area (Å²) in [4.78, 5) is 10.8. The molecule has 0 radical (unpaired) electrons. The van der Waals surface area contributed by atoms with Gasteiger partial charge in [0, 0.05) is 31.7 Å². The molecule has 0 aromatic carbocycles. The van der Waals surface area contributed by atoms with Crippen LogP contribution < -0.4 is 10.6 Å². The van der Waals surface area contributed by atoms with E-state index in [-0.39, 0.29) is 0 Å². The van der Waals surface area contributed by atoms with Gasteiger partial charge in [0.05, 0.1) is 4.47 Å². The minimum atomic E-state index is 0.675. The van der Waals surface area contributed by atoms with Crippen LogP contribution in [-0.2, 0) is 6.54 Å². The van der Waals surface area contributed by atoms with Crippen LogP contribution >= 0.6 is 15.9 Å². The average molecular weight is 321 g/mol. The number of nitrogens with zero attached hydrogens (tertiary/aromatic N) is 3. The molecule has 2 N–H and O–H groups in total. The van der Waals surface area contributed by atoms with Crippen LogP contribution in [0.15, 0.2) is 47.3 Å². The van der Waals surface area contributed by atoms with Crippen LogP contribution in [0, 0.1) is 0 Å². The van der Waals surface area contributed by atoms with E-state index in [1.54, 1.807) is 12.4 Å². The van der Waals surface area contributed by atoms with E-state index in [1.165, 1.54) is 0 Å². The predicted molar refractivity (Wildman–Crippen MR) is 80.9 cm³/mol.